The maximum atomic E-state index is 12.5. The van der Waals surface area contributed by atoms with Crippen LogP contribution in [0.1, 0.15) is 41.6 Å². The van der Waals surface area contributed by atoms with Crippen molar-refractivity contribution in [2.75, 3.05) is 32.8 Å². The van der Waals surface area contributed by atoms with Crippen molar-refractivity contribution in [3.05, 3.63) is 34.8 Å². The molecule has 0 bridgehead atoms. The Hall–Kier alpha value is -1.92. The summed E-state index contributed by atoms with van der Waals surface area (Å²) in [6.45, 7) is 8.62. The number of rotatable bonds is 8. The molecule has 1 saturated heterocycles. The van der Waals surface area contributed by atoms with Crippen LogP contribution >= 0.6 is 11.3 Å². The molecule has 0 atom stereocenters. The van der Waals surface area contributed by atoms with Gasteiger partial charge >= 0.3 is 0 Å². The third kappa shape index (κ3) is 4.83. The van der Waals surface area contributed by atoms with E-state index in [4.69, 9.17) is 4.74 Å². The largest absolute Gasteiger partial charge is 0.494 e. The maximum Gasteiger partial charge on any atom is 0.263 e. The van der Waals surface area contributed by atoms with Crippen molar-refractivity contribution in [3.8, 4) is 16.3 Å². The highest BCUT2D eigenvalue weighted by Crippen LogP contribution is 2.29. The van der Waals surface area contributed by atoms with Gasteiger partial charge in [0.05, 0.1) is 12.3 Å². The zero-order chi connectivity index (χ0) is 18.4. The Morgan fingerprint density at radius 1 is 1.27 bits per heavy atom. The van der Waals surface area contributed by atoms with E-state index in [-0.39, 0.29) is 5.91 Å². The van der Waals surface area contributed by atoms with Gasteiger partial charge in [-0.2, -0.15) is 0 Å². The number of nitrogens with zero attached hydrogens (tertiary/aromatic N) is 2. The van der Waals surface area contributed by atoms with E-state index < -0.39 is 0 Å². The summed E-state index contributed by atoms with van der Waals surface area (Å²) < 4.78 is 5.61. The molecule has 1 aliphatic rings. The maximum absolute atomic E-state index is 12.5. The first-order valence-corrected chi connectivity index (χ1v) is 10.2. The van der Waals surface area contributed by atoms with Crippen LogP contribution in [0.15, 0.2) is 24.3 Å². The molecule has 0 unspecified atom stereocenters. The fraction of sp³-hybridized carbons (Fsp3) is 0.500. The van der Waals surface area contributed by atoms with Crippen LogP contribution in [-0.4, -0.2) is 48.6 Å². The lowest BCUT2D eigenvalue weighted by molar-refractivity contribution is 0.0953. The summed E-state index contributed by atoms with van der Waals surface area (Å²) in [7, 11) is 0. The number of aryl methyl sites for hydroxylation is 1. The quantitative estimate of drug-likeness (QED) is 0.766. The van der Waals surface area contributed by atoms with Gasteiger partial charge in [0.1, 0.15) is 15.6 Å². The highest BCUT2D eigenvalue weighted by atomic mass is 32.1. The molecule has 1 aliphatic heterocycles. The first-order chi connectivity index (χ1) is 12.7. The van der Waals surface area contributed by atoms with Gasteiger partial charge in [0.15, 0.2) is 0 Å². The summed E-state index contributed by atoms with van der Waals surface area (Å²) in [5, 5.41) is 3.90. The molecule has 140 valence electrons. The first kappa shape index (κ1) is 18.9. The summed E-state index contributed by atoms with van der Waals surface area (Å²) in [4.78, 5) is 20.2. The highest BCUT2D eigenvalue weighted by Gasteiger charge is 2.17. The summed E-state index contributed by atoms with van der Waals surface area (Å²) >= 11 is 1.45. The van der Waals surface area contributed by atoms with Crippen LogP contribution in [0.2, 0.25) is 0 Å². The molecule has 1 fully saturated rings. The lowest BCUT2D eigenvalue weighted by Gasteiger charge is -2.14. The van der Waals surface area contributed by atoms with Crippen molar-refractivity contribution < 1.29 is 9.53 Å². The second-order valence-electron chi connectivity index (χ2n) is 6.61. The van der Waals surface area contributed by atoms with E-state index in [0.29, 0.717) is 11.4 Å². The Morgan fingerprint density at radius 3 is 2.69 bits per heavy atom. The van der Waals surface area contributed by atoms with E-state index in [0.717, 1.165) is 54.7 Å². The van der Waals surface area contributed by atoms with Crippen LogP contribution in [0.25, 0.3) is 10.6 Å². The van der Waals surface area contributed by atoms with Crippen LogP contribution in [-0.2, 0) is 0 Å². The molecule has 0 saturated carbocycles. The van der Waals surface area contributed by atoms with Crippen molar-refractivity contribution in [1.29, 1.82) is 0 Å². The smallest absolute Gasteiger partial charge is 0.263 e. The minimum atomic E-state index is -0.0200. The van der Waals surface area contributed by atoms with Crippen LogP contribution < -0.4 is 10.1 Å². The van der Waals surface area contributed by atoms with Crippen molar-refractivity contribution >= 4 is 17.2 Å². The number of aromatic nitrogens is 1. The van der Waals surface area contributed by atoms with Gasteiger partial charge in [-0.3, -0.25) is 4.79 Å². The molecule has 3 rings (SSSR count). The van der Waals surface area contributed by atoms with Crippen LogP contribution in [0.3, 0.4) is 0 Å². The zero-order valence-corrected chi connectivity index (χ0v) is 16.4. The fourth-order valence-corrected chi connectivity index (χ4v) is 4.05. The molecule has 5 nitrogen and oxygen atoms in total. The lowest BCUT2D eigenvalue weighted by atomic mass is 10.2. The van der Waals surface area contributed by atoms with Crippen LogP contribution in [0.4, 0.5) is 0 Å². The Labute approximate surface area is 159 Å². The molecule has 1 amide bonds. The molecule has 0 radical (unpaired) electrons. The van der Waals surface area contributed by atoms with E-state index in [9.17, 15) is 4.79 Å². The summed E-state index contributed by atoms with van der Waals surface area (Å²) in [6.07, 6.45) is 3.53. The van der Waals surface area contributed by atoms with E-state index in [2.05, 4.69) is 22.1 Å². The average Bonchev–Trinajstić information content (AvgIpc) is 3.30. The molecule has 1 aromatic carbocycles. The summed E-state index contributed by atoms with van der Waals surface area (Å²) in [6, 6.07) is 7.91. The van der Waals surface area contributed by atoms with Gasteiger partial charge in [0.2, 0.25) is 0 Å². The van der Waals surface area contributed by atoms with Gasteiger partial charge in [-0.05, 0) is 63.5 Å². The summed E-state index contributed by atoms with van der Waals surface area (Å²) in [5.74, 6) is 0.845. The standard InChI is InChI=1S/C20H27N3O2S/c1-3-14-25-17-8-6-16(7-9-17)20-22-15(2)18(26-20)19(24)21-10-13-23-11-4-5-12-23/h6-9H,3-5,10-14H2,1-2H3,(H,21,24). The topological polar surface area (TPSA) is 54.5 Å². The molecule has 1 aromatic heterocycles. The number of nitrogens with one attached hydrogen (secondary N) is 1. The minimum Gasteiger partial charge on any atom is -0.494 e. The zero-order valence-electron chi connectivity index (χ0n) is 15.6. The number of benzene rings is 1. The summed E-state index contributed by atoms with van der Waals surface area (Å²) in [5.41, 5.74) is 1.80. The predicted molar refractivity (Wildman–Crippen MR) is 106 cm³/mol. The normalized spacial score (nSPS) is 14.5. The Morgan fingerprint density at radius 2 is 2.00 bits per heavy atom. The monoisotopic (exact) mass is 373 g/mol. The molecular formula is C20H27N3O2S. The van der Waals surface area contributed by atoms with Gasteiger partial charge in [0, 0.05) is 18.7 Å². The fourth-order valence-electron chi connectivity index (χ4n) is 3.06. The molecule has 26 heavy (non-hydrogen) atoms. The third-order valence-corrected chi connectivity index (χ3v) is 5.69. The second-order valence-corrected chi connectivity index (χ2v) is 7.61. The van der Waals surface area contributed by atoms with E-state index in [1.54, 1.807) is 0 Å². The number of carbonyl (C=O) groups excluding carboxylic acids is 1. The Balaban J connectivity index is 1.59. The number of carbonyl (C=O) groups is 1. The highest BCUT2D eigenvalue weighted by molar-refractivity contribution is 7.17. The van der Waals surface area contributed by atoms with Crippen LogP contribution in [0.5, 0.6) is 5.75 Å². The van der Waals surface area contributed by atoms with Gasteiger partial charge in [-0.15, -0.1) is 11.3 Å². The van der Waals surface area contributed by atoms with E-state index in [1.807, 2.05) is 31.2 Å². The van der Waals surface area contributed by atoms with Crippen molar-refractivity contribution in [2.45, 2.75) is 33.1 Å². The Kier molecular flexibility index (Phi) is 6.63. The van der Waals surface area contributed by atoms with E-state index >= 15 is 0 Å². The van der Waals surface area contributed by atoms with Crippen molar-refractivity contribution in [1.82, 2.24) is 15.2 Å². The third-order valence-electron chi connectivity index (χ3n) is 4.49. The molecule has 2 aromatic rings. The van der Waals surface area contributed by atoms with Gasteiger partial charge in [-0.1, -0.05) is 6.92 Å². The number of hydrogen-bond donors (Lipinski definition) is 1. The second kappa shape index (κ2) is 9.14. The molecule has 0 aliphatic carbocycles. The number of amides is 1. The molecule has 6 heteroatoms. The molecular weight excluding hydrogens is 346 g/mol. The molecule has 2 heterocycles. The van der Waals surface area contributed by atoms with Gasteiger partial charge in [-0.25, -0.2) is 4.98 Å². The van der Waals surface area contributed by atoms with Crippen molar-refractivity contribution in [3.63, 3.8) is 0 Å². The lowest BCUT2D eigenvalue weighted by Crippen LogP contribution is -2.33. The Bertz CT molecular complexity index is 721. The minimum absolute atomic E-state index is 0.0200. The first-order valence-electron chi connectivity index (χ1n) is 9.38. The average molecular weight is 374 g/mol. The van der Waals surface area contributed by atoms with Gasteiger partial charge < -0.3 is 15.0 Å². The number of likely N-dealkylation sites (tertiary alicyclic amines) is 1. The number of thiazole rings is 1. The van der Waals surface area contributed by atoms with Crippen molar-refractivity contribution in [2.24, 2.45) is 0 Å². The molecule has 0 spiro atoms. The van der Waals surface area contributed by atoms with E-state index in [1.165, 1.54) is 24.2 Å². The van der Waals surface area contributed by atoms with Crippen LogP contribution in [0, 0.1) is 6.92 Å². The molecule has 1 N–H and O–H groups in total. The number of hydrogen-bond acceptors (Lipinski definition) is 5. The number of ether oxygens (including phenoxy) is 1. The van der Waals surface area contributed by atoms with Gasteiger partial charge in [0.25, 0.3) is 5.91 Å². The SMILES string of the molecule is CCCOc1ccc(-c2nc(C)c(C(=O)NCCN3CCCC3)s2)cc1. The predicted octanol–water partition coefficient (Wildman–Crippen LogP) is 3.73.